The Kier molecular flexibility index (Phi) is 6.64. The van der Waals surface area contributed by atoms with E-state index in [1.165, 1.54) is 0 Å². The van der Waals surface area contributed by atoms with Crippen molar-refractivity contribution in [1.82, 2.24) is 10.6 Å². The molecule has 0 radical (unpaired) electrons. The Morgan fingerprint density at radius 3 is 2.42 bits per heavy atom. The zero-order chi connectivity index (χ0) is 9.40. The number of hydrogen-bond donors (Lipinski definition) is 4. The van der Waals surface area contributed by atoms with Crippen molar-refractivity contribution in [3.8, 4) is 0 Å². The Morgan fingerprint density at radius 2 is 2.00 bits per heavy atom. The zero-order valence-electron chi connectivity index (χ0n) is 7.21. The van der Waals surface area contributed by atoms with E-state index in [-0.39, 0.29) is 25.7 Å². The maximum absolute atomic E-state index is 10.8. The summed E-state index contributed by atoms with van der Waals surface area (Å²) in [4.78, 5) is 10.8. The van der Waals surface area contributed by atoms with Crippen molar-refractivity contribution >= 4 is 5.91 Å². The van der Waals surface area contributed by atoms with Gasteiger partial charge in [0.25, 0.3) is 0 Å². The van der Waals surface area contributed by atoms with Gasteiger partial charge in [-0.25, -0.2) is 0 Å². The molecule has 0 aliphatic carbocycles. The quantitative estimate of drug-likeness (QED) is 0.380. The van der Waals surface area contributed by atoms with Gasteiger partial charge in [-0.3, -0.25) is 4.79 Å². The number of nitrogens with one attached hydrogen (secondary N) is 2. The minimum absolute atomic E-state index is 0.125. The maximum Gasteiger partial charge on any atom is 0.233 e. The van der Waals surface area contributed by atoms with Crippen molar-refractivity contribution in [2.24, 2.45) is 0 Å². The number of carbonyl (C=O) groups excluding carboxylic acids is 1. The molecule has 0 heterocycles. The van der Waals surface area contributed by atoms with Crippen molar-refractivity contribution in [3.63, 3.8) is 0 Å². The fourth-order valence-electron chi connectivity index (χ4n) is 0.684. The maximum atomic E-state index is 10.8. The summed E-state index contributed by atoms with van der Waals surface area (Å²) in [6, 6.07) is -0.410. The molecule has 5 nitrogen and oxygen atoms in total. The lowest BCUT2D eigenvalue weighted by molar-refractivity contribution is -0.120. The molecular weight excluding hydrogens is 160 g/mol. The van der Waals surface area contributed by atoms with E-state index < -0.39 is 6.04 Å². The molecule has 0 unspecified atom stereocenters. The van der Waals surface area contributed by atoms with Crippen LogP contribution in [-0.4, -0.2) is 48.5 Å². The Hall–Kier alpha value is -0.650. The second kappa shape index (κ2) is 7.02. The highest BCUT2D eigenvalue weighted by molar-refractivity contribution is 5.77. The predicted octanol–water partition coefficient (Wildman–Crippen LogP) is -1.93. The summed E-state index contributed by atoms with van der Waals surface area (Å²) in [5.41, 5.74) is 0. The SMILES string of the molecule is CCNC(=O)CNC(CO)CO. The van der Waals surface area contributed by atoms with Gasteiger partial charge < -0.3 is 20.8 Å². The van der Waals surface area contributed by atoms with Crippen LogP contribution in [0.3, 0.4) is 0 Å². The minimum Gasteiger partial charge on any atom is -0.395 e. The molecule has 12 heavy (non-hydrogen) atoms. The molecule has 4 N–H and O–H groups in total. The molecule has 0 aliphatic heterocycles. The van der Waals surface area contributed by atoms with Crippen molar-refractivity contribution in [2.45, 2.75) is 13.0 Å². The topological polar surface area (TPSA) is 81.6 Å². The summed E-state index contributed by atoms with van der Waals surface area (Å²) >= 11 is 0. The number of rotatable bonds is 6. The molecule has 0 aliphatic rings. The van der Waals surface area contributed by atoms with Crippen molar-refractivity contribution in [1.29, 1.82) is 0 Å². The Labute approximate surface area is 71.8 Å². The van der Waals surface area contributed by atoms with Gasteiger partial charge in [-0.2, -0.15) is 0 Å². The van der Waals surface area contributed by atoms with E-state index in [0.717, 1.165) is 0 Å². The van der Waals surface area contributed by atoms with Gasteiger partial charge in [0.1, 0.15) is 0 Å². The van der Waals surface area contributed by atoms with Crippen LogP contribution in [0.1, 0.15) is 6.92 Å². The first-order valence-corrected chi connectivity index (χ1v) is 3.96. The van der Waals surface area contributed by atoms with Crippen LogP contribution in [0.25, 0.3) is 0 Å². The van der Waals surface area contributed by atoms with E-state index in [9.17, 15) is 4.79 Å². The fourth-order valence-corrected chi connectivity index (χ4v) is 0.684. The average molecular weight is 176 g/mol. The van der Waals surface area contributed by atoms with Crippen LogP contribution >= 0.6 is 0 Å². The first-order chi connectivity index (χ1) is 5.74. The molecule has 0 saturated carbocycles. The Bertz CT molecular complexity index is 126. The average Bonchev–Trinajstić information content (AvgIpc) is 2.07. The van der Waals surface area contributed by atoms with Crippen LogP contribution in [0.5, 0.6) is 0 Å². The van der Waals surface area contributed by atoms with Gasteiger partial charge in [0, 0.05) is 6.54 Å². The normalized spacial score (nSPS) is 10.3. The molecule has 5 heteroatoms. The number of hydrogen-bond acceptors (Lipinski definition) is 4. The summed E-state index contributed by atoms with van der Waals surface area (Å²) in [5.74, 6) is -0.135. The molecule has 0 saturated heterocycles. The molecule has 0 aromatic rings. The molecule has 0 spiro atoms. The number of aliphatic hydroxyl groups excluding tert-OH is 2. The van der Waals surface area contributed by atoms with Crippen molar-refractivity contribution in [3.05, 3.63) is 0 Å². The Morgan fingerprint density at radius 1 is 1.42 bits per heavy atom. The third kappa shape index (κ3) is 5.06. The highest BCUT2D eigenvalue weighted by atomic mass is 16.3. The molecule has 72 valence electrons. The van der Waals surface area contributed by atoms with E-state index in [0.29, 0.717) is 6.54 Å². The monoisotopic (exact) mass is 176 g/mol. The highest BCUT2D eigenvalue weighted by Gasteiger charge is 2.06. The van der Waals surface area contributed by atoms with Crippen LogP contribution in [0, 0.1) is 0 Å². The number of carbonyl (C=O) groups is 1. The van der Waals surface area contributed by atoms with Crippen molar-refractivity contribution in [2.75, 3.05) is 26.3 Å². The molecular formula is C7H16N2O3. The summed E-state index contributed by atoms with van der Waals surface area (Å²) in [5, 5.41) is 22.5. The smallest absolute Gasteiger partial charge is 0.233 e. The van der Waals surface area contributed by atoms with Gasteiger partial charge in [0.2, 0.25) is 5.91 Å². The first kappa shape index (κ1) is 11.4. The van der Waals surface area contributed by atoms with E-state index in [1.807, 2.05) is 6.92 Å². The number of aliphatic hydroxyl groups is 2. The second-order valence-corrected chi connectivity index (χ2v) is 2.40. The summed E-state index contributed by atoms with van der Waals surface area (Å²) < 4.78 is 0. The lowest BCUT2D eigenvalue weighted by Crippen LogP contribution is -2.42. The standard InChI is InChI=1S/C7H16N2O3/c1-2-8-7(12)3-9-6(4-10)5-11/h6,9-11H,2-5H2,1H3,(H,8,12). The third-order valence-corrected chi connectivity index (χ3v) is 1.37. The molecule has 0 aromatic carbocycles. The minimum atomic E-state index is -0.410. The van der Waals surface area contributed by atoms with Gasteiger partial charge in [0.05, 0.1) is 25.8 Å². The molecule has 1 amide bonds. The largest absolute Gasteiger partial charge is 0.395 e. The Balaban J connectivity index is 3.44. The van der Waals surface area contributed by atoms with Gasteiger partial charge in [-0.1, -0.05) is 0 Å². The lowest BCUT2D eigenvalue weighted by atomic mass is 10.3. The highest BCUT2D eigenvalue weighted by Crippen LogP contribution is 1.77. The van der Waals surface area contributed by atoms with Crippen LogP contribution in [0.2, 0.25) is 0 Å². The van der Waals surface area contributed by atoms with Gasteiger partial charge in [-0.05, 0) is 6.92 Å². The fraction of sp³-hybridized carbons (Fsp3) is 0.857. The number of amides is 1. The van der Waals surface area contributed by atoms with Crippen LogP contribution in [0.4, 0.5) is 0 Å². The van der Waals surface area contributed by atoms with Gasteiger partial charge >= 0.3 is 0 Å². The van der Waals surface area contributed by atoms with Crippen LogP contribution in [-0.2, 0) is 4.79 Å². The molecule has 0 rings (SSSR count). The van der Waals surface area contributed by atoms with Crippen LogP contribution < -0.4 is 10.6 Å². The molecule has 0 bridgehead atoms. The van der Waals surface area contributed by atoms with Gasteiger partial charge in [0.15, 0.2) is 0 Å². The number of likely N-dealkylation sites (N-methyl/N-ethyl adjacent to an activating group) is 1. The van der Waals surface area contributed by atoms with E-state index >= 15 is 0 Å². The summed E-state index contributed by atoms with van der Waals surface area (Å²) in [7, 11) is 0. The summed E-state index contributed by atoms with van der Waals surface area (Å²) in [6.45, 7) is 2.20. The van der Waals surface area contributed by atoms with Gasteiger partial charge in [-0.15, -0.1) is 0 Å². The molecule has 0 fully saturated rings. The molecule has 0 aromatic heterocycles. The summed E-state index contributed by atoms with van der Waals surface area (Å²) in [6.07, 6.45) is 0. The van der Waals surface area contributed by atoms with Crippen molar-refractivity contribution < 1.29 is 15.0 Å². The van der Waals surface area contributed by atoms with E-state index in [2.05, 4.69) is 10.6 Å². The molecule has 0 atom stereocenters. The van der Waals surface area contributed by atoms with E-state index in [4.69, 9.17) is 10.2 Å². The van der Waals surface area contributed by atoms with Crippen LogP contribution in [0.15, 0.2) is 0 Å². The third-order valence-electron chi connectivity index (χ3n) is 1.37. The van der Waals surface area contributed by atoms with E-state index in [1.54, 1.807) is 0 Å². The second-order valence-electron chi connectivity index (χ2n) is 2.40. The lowest BCUT2D eigenvalue weighted by Gasteiger charge is -2.12. The zero-order valence-corrected chi connectivity index (χ0v) is 7.21. The predicted molar refractivity (Wildman–Crippen MR) is 44.6 cm³/mol. The first-order valence-electron chi connectivity index (χ1n) is 3.96.